The van der Waals surface area contributed by atoms with Crippen LogP contribution in [0.2, 0.25) is 5.02 Å². The molecule has 1 unspecified atom stereocenters. The van der Waals surface area contributed by atoms with Crippen LogP contribution in [0.15, 0.2) is 47.2 Å². The molecule has 0 aliphatic heterocycles. The van der Waals surface area contributed by atoms with Gasteiger partial charge in [-0.05, 0) is 42.3 Å². The molecule has 0 spiro atoms. The second-order valence-corrected chi connectivity index (χ2v) is 6.05. The molecule has 1 heterocycles. The first-order valence-corrected chi connectivity index (χ1v) is 7.92. The molecule has 0 fully saturated rings. The predicted molar refractivity (Wildman–Crippen MR) is 88.4 cm³/mol. The van der Waals surface area contributed by atoms with Crippen LogP contribution < -0.4 is 5.32 Å². The van der Waals surface area contributed by atoms with E-state index in [2.05, 4.69) is 51.4 Å². The molecular formula is C16H18BrClN2. The number of nitrogens with zero attached hydrogens (tertiary/aromatic N) is 1. The fourth-order valence-electron chi connectivity index (χ4n) is 2.22. The summed E-state index contributed by atoms with van der Waals surface area (Å²) in [5.74, 6) is 0.396. The third-order valence-electron chi connectivity index (χ3n) is 3.28. The molecule has 2 nitrogen and oxygen atoms in total. The summed E-state index contributed by atoms with van der Waals surface area (Å²) in [6.07, 6.45) is 4.42. The molecular weight excluding hydrogens is 336 g/mol. The maximum atomic E-state index is 6.23. The monoisotopic (exact) mass is 352 g/mol. The molecule has 0 saturated carbocycles. The average molecular weight is 354 g/mol. The smallest absolute Gasteiger partial charge is 0.0621 e. The maximum absolute atomic E-state index is 6.23. The van der Waals surface area contributed by atoms with Gasteiger partial charge in [0, 0.05) is 29.3 Å². The summed E-state index contributed by atoms with van der Waals surface area (Å²) in [6.45, 7) is 4.03. The van der Waals surface area contributed by atoms with Crippen LogP contribution >= 0.6 is 27.5 Å². The van der Waals surface area contributed by atoms with Crippen LogP contribution in [0.25, 0.3) is 0 Å². The average Bonchev–Trinajstić information content (AvgIpc) is 2.45. The number of hydrogen-bond donors (Lipinski definition) is 1. The summed E-state index contributed by atoms with van der Waals surface area (Å²) in [5, 5.41) is 4.17. The van der Waals surface area contributed by atoms with E-state index in [0.29, 0.717) is 5.92 Å². The zero-order chi connectivity index (χ0) is 14.4. The number of rotatable bonds is 6. The Bertz CT molecular complexity index is 560. The highest BCUT2D eigenvalue weighted by molar-refractivity contribution is 9.10. The Labute approximate surface area is 133 Å². The predicted octanol–water partition coefficient (Wildman–Crippen LogP) is 4.43. The molecule has 2 aromatic rings. The molecule has 1 aromatic heterocycles. The molecule has 1 N–H and O–H groups in total. The van der Waals surface area contributed by atoms with Gasteiger partial charge in [-0.3, -0.25) is 4.98 Å². The van der Waals surface area contributed by atoms with Crippen molar-refractivity contribution < 1.29 is 0 Å². The number of likely N-dealkylation sites (N-methyl/N-ethyl adjacent to an activating group) is 1. The minimum atomic E-state index is 0.396. The lowest BCUT2D eigenvalue weighted by Gasteiger charge is -2.19. The normalized spacial score (nSPS) is 12.3. The van der Waals surface area contributed by atoms with Crippen molar-refractivity contribution in [3.63, 3.8) is 0 Å². The second-order valence-electron chi connectivity index (χ2n) is 4.73. The minimum absolute atomic E-state index is 0.396. The van der Waals surface area contributed by atoms with Crippen LogP contribution in [-0.4, -0.2) is 18.1 Å². The van der Waals surface area contributed by atoms with Gasteiger partial charge in [-0.2, -0.15) is 0 Å². The molecule has 0 amide bonds. The second kappa shape index (κ2) is 7.77. The molecule has 1 atom stereocenters. The highest BCUT2D eigenvalue weighted by Gasteiger charge is 2.14. The standard InChI is InChI=1S/C16H18BrClN2/c1-2-19-10-14(12-4-3-5-15(17)9-12)8-13-6-7-20-11-16(13)18/h3-7,9,11,14,19H,2,8,10H2,1H3. The van der Waals surface area contributed by atoms with E-state index in [1.165, 1.54) is 5.56 Å². The zero-order valence-electron chi connectivity index (χ0n) is 11.4. The van der Waals surface area contributed by atoms with Crippen molar-refractivity contribution in [1.29, 1.82) is 0 Å². The fraction of sp³-hybridized carbons (Fsp3) is 0.312. The van der Waals surface area contributed by atoms with E-state index in [-0.39, 0.29) is 0 Å². The van der Waals surface area contributed by atoms with Crippen LogP contribution in [-0.2, 0) is 6.42 Å². The van der Waals surface area contributed by atoms with Crippen molar-refractivity contribution in [2.24, 2.45) is 0 Å². The highest BCUT2D eigenvalue weighted by atomic mass is 79.9. The summed E-state index contributed by atoms with van der Waals surface area (Å²) in [7, 11) is 0. The molecule has 0 bridgehead atoms. The van der Waals surface area contributed by atoms with Gasteiger partial charge in [-0.15, -0.1) is 0 Å². The van der Waals surface area contributed by atoms with Gasteiger partial charge in [0.2, 0.25) is 0 Å². The molecule has 20 heavy (non-hydrogen) atoms. The van der Waals surface area contributed by atoms with E-state index in [1.54, 1.807) is 12.4 Å². The number of nitrogens with one attached hydrogen (secondary N) is 1. The topological polar surface area (TPSA) is 24.9 Å². The summed E-state index contributed by atoms with van der Waals surface area (Å²) >= 11 is 9.77. The van der Waals surface area contributed by atoms with E-state index in [0.717, 1.165) is 34.6 Å². The minimum Gasteiger partial charge on any atom is -0.316 e. The van der Waals surface area contributed by atoms with Crippen molar-refractivity contribution >= 4 is 27.5 Å². The first-order chi connectivity index (χ1) is 9.70. The van der Waals surface area contributed by atoms with E-state index in [1.807, 2.05) is 12.1 Å². The summed E-state index contributed by atoms with van der Waals surface area (Å²) < 4.78 is 1.11. The van der Waals surface area contributed by atoms with Gasteiger partial charge in [0.1, 0.15) is 0 Å². The number of pyridine rings is 1. The van der Waals surface area contributed by atoms with Crippen LogP contribution in [0, 0.1) is 0 Å². The van der Waals surface area contributed by atoms with Crippen LogP contribution in [0.1, 0.15) is 24.0 Å². The number of hydrogen-bond acceptors (Lipinski definition) is 2. The molecule has 106 valence electrons. The van der Waals surface area contributed by atoms with Gasteiger partial charge in [-0.25, -0.2) is 0 Å². The first-order valence-electron chi connectivity index (χ1n) is 6.75. The SMILES string of the molecule is CCNCC(Cc1ccncc1Cl)c1cccc(Br)c1. The number of benzene rings is 1. The molecule has 0 aliphatic carbocycles. The Kier molecular flexibility index (Phi) is 6.02. The van der Waals surface area contributed by atoms with E-state index < -0.39 is 0 Å². The van der Waals surface area contributed by atoms with Gasteiger partial charge in [-0.1, -0.05) is 46.6 Å². The number of halogens is 2. The van der Waals surface area contributed by atoms with Crippen LogP contribution in [0.3, 0.4) is 0 Å². The summed E-state index contributed by atoms with van der Waals surface area (Å²) in [4.78, 5) is 4.05. The lowest BCUT2D eigenvalue weighted by atomic mass is 9.92. The van der Waals surface area contributed by atoms with Crippen molar-refractivity contribution in [3.05, 3.63) is 63.3 Å². The van der Waals surface area contributed by atoms with Gasteiger partial charge in [0.25, 0.3) is 0 Å². The quantitative estimate of drug-likeness (QED) is 0.831. The Hall–Kier alpha value is -0.900. The lowest BCUT2D eigenvalue weighted by molar-refractivity contribution is 0.594. The Morgan fingerprint density at radius 1 is 1.35 bits per heavy atom. The third kappa shape index (κ3) is 4.30. The van der Waals surface area contributed by atoms with Crippen molar-refractivity contribution in [3.8, 4) is 0 Å². The first kappa shape index (κ1) is 15.5. The summed E-state index contributed by atoms with van der Waals surface area (Å²) in [5.41, 5.74) is 2.46. The summed E-state index contributed by atoms with van der Waals surface area (Å²) in [6, 6.07) is 10.5. The van der Waals surface area contributed by atoms with Crippen LogP contribution in [0.5, 0.6) is 0 Å². The zero-order valence-corrected chi connectivity index (χ0v) is 13.8. The Balaban J connectivity index is 2.21. The highest BCUT2D eigenvalue weighted by Crippen LogP contribution is 2.26. The lowest BCUT2D eigenvalue weighted by Crippen LogP contribution is -2.22. The molecule has 0 saturated heterocycles. The Morgan fingerprint density at radius 3 is 2.90 bits per heavy atom. The third-order valence-corrected chi connectivity index (χ3v) is 4.12. The van der Waals surface area contributed by atoms with Gasteiger partial charge < -0.3 is 5.32 Å². The maximum Gasteiger partial charge on any atom is 0.0621 e. The number of aromatic nitrogens is 1. The van der Waals surface area contributed by atoms with E-state index >= 15 is 0 Å². The molecule has 0 radical (unpaired) electrons. The van der Waals surface area contributed by atoms with Crippen LogP contribution in [0.4, 0.5) is 0 Å². The molecule has 0 aliphatic rings. The van der Waals surface area contributed by atoms with Gasteiger partial charge >= 0.3 is 0 Å². The van der Waals surface area contributed by atoms with E-state index in [4.69, 9.17) is 11.6 Å². The molecule has 1 aromatic carbocycles. The van der Waals surface area contributed by atoms with Gasteiger partial charge in [0.05, 0.1) is 5.02 Å². The molecule has 2 rings (SSSR count). The largest absolute Gasteiger partial charge is 0.316 e. The fourth-order valence-corrected chi connectivity index (χ4v) is 2.84. The van der Waals surface area contributed by atoms with Crippen molar-refractivity contribution in [1.82, 2.24) is 10.3 Å². The van der Waals surface area contributed by atoms with E-state index in [9.17, 15) is 0 Å². The van der Waals surface area contributed by atoms with Gasteiger partial charge in [0.15, 0.2) is 0 Å². The Morgan fingerprint density at radius 2 is 2.20 bits per heavy atom. The van der Waals surface area contributed by atoms with Crippen molar-refractivity contribution in [2.75, 3.05) is 13.1 Å². The van der Waals surface area contributed by atoms with Crippen molar-refractivity contribution in [2.45, 2.75) is 19.3 Å². The molecule has 4 heteroatoms.